The second kappa shape index (κ2) is 5.83. The molecule has 0 aliphatic rings. The van der Waals surface area contributed by atoms with Gasteiger partial charge in [0.2, 0.25) is 0 Å². The first-order valence-corrected chi connectivity index (χ1v) is 6.72. The minimum Gasteiger partial charge on any atom is -0.481 e. The van der Waals surface area contributed by atoms with Gasteiger partial charge in [-0.2, -0.15) is 0 Å². The Morgan fingerprint density at radius 2 is 2.26 bits per heavy atom. The molecule has 1 unspecified atom stereocenters. The van der Waals surface area contributed by atoms with Gasteiger partial charge in [0, 0.05) is 0 Å². The van der Waals surface area contributed by atoms with Gasteiger partial charge < -0.3 is 5.11 Å². The molecular weight excluding hydrogens is 268 g/mol. The summed E-state index contributed by atoms with van der Waals surface area (Å²) in [4.78, 5) is 11.6. The van der Waals surface area contributed by atoms with Crippen LogP contribution in [0.1, 0.15) is 38.4 Å². The highest BCUT2D eigenvalue weighted by Crippen LogP contribution is 2.26. The van der Waals surface area contributed by atoms with Gasteiger partial charge >= 0.3 is 5.97 Å². The Bertz CT molecular complexity index is 566. The van der Waals surface area contributed by atoms with E-state index in [-0.39, 0.29) is 12.5 Å². The number of aromatic nitrogens is 6. The molecule has 2 rings (SSSR count). The third-order valence-electron chi connectivity index (χ3n) is 2.63. The first kappa shape index (κ1) is 13.5. The number of aryl methyl sites for hydroxylation is 1. The van der Waals surface area contributed by atoms with Crippen LogP contribution in [0.5, 0.6) is 0 Å². The largest absolute Gasteiger partial charge is 0.481 e. The van der Waals surface area contributed by atoms with Crippen LogP contribution in [-0.2, 0) is 11.2 Å². The van der Waals surface area contributed by atoms with Crippen molar-refractivity contribution < 1.29 is 9.90 Å². The average Bonchev–Trinajstić information content (AvgIpc) is 2.95. The van der Waals surface area contributed by atoms with E-state index in [1.165, 1.54) is 16.2 Å². The van der Waals surface area contributed by atoms with Crippen molar-refractivity contribution in [1.82, 2.24) is 29.8 Å². The van der Waals surface area contributed by atoms with Gasteiger partial charge in [-0.05, 0) is 35.3 Å². The van der Waals surface area contributed by atoms with Gasteiger partial charge in [-0.25, -0.2) is 4.68 Å². The zero-order valence-corrected chi connectivity index (χ0v) is 11.5. The van der Waals surface area contributed by atoms with E-state index < -0.39 is 5.97 Å². The summed E-state index contributed by atoms with van der Waals surface area (Å²) in [5.41, 5.74) is 0.853. The summed E-state index contributed by atoms with van der Waals surface area (Å²) in [6.07, 6.45) is 1.71. The lowest BCUT2D eigenvalue weighted by Gasteiger charge is -2.10. The number of nitrogens with zero attached hydrogens (tertiary/aromatic N) is 6. The Kier molecular flexibility index (Phi) is 4.15. The number of aliphatic carboxylic acids is 1. The van der Waals surface area contributed by atoms with Crippen molar-refractivity contribution in [3.05, 3.63) is 5.69 Å². The van der Waals surface area contributed by atoms with Crippen LogP contribution in [0.15, 0.2) is 0 Å². The number of hydrogen-bond donors (Lipinski definition) is 1. The third-order valence-corrected chi connectivity index (χ3v) is 3.39. The van der Waals surface area contributed by atoms with Crippen LogP contribution in [-0.4, -0.2) is 40.9 Å². The average molecular weight is 282 g/mol. The minimum atomic E-state index is -0.884. The van der Waals surface area contributed by atoms with E-state index >= 15 is 0 Å². The zero-order chi connectivity index (χ0) is 13.8. The maximum Gasteiger partial charge on any atom is 0.305 e. The minimum absolute atomic E-state index is 0.0343. The third kappa shape index (κ3) is 2.92. The molecule has 0 saturated carbocycles. The molecule has 0 aromatic carbocycles. The summed E-state index contributed by atoms with van der Waals surface area (Å²) in [7, 11) is 0. The molecule has 8 nitrogen and oxygen atoms in total. The van der Waals surface area contributed by atoms with Crippen molar-refractivity contribution in [2.75, 3.05) is 0 Å². The van der Waals surface area contributed by atoms with Crippen molar-refractivity contribution in [3.8, 4) is 10.7 Å². The molecule has 19 heavy (non-hydrogen) atoms. The van der Waals surface area contributed by atoms with Crippen molar-refractivity contribution in [2.45, 2.75) is 39.2 Å². The number of hydrogen-bond acceptors (Lipinski definition) is 7. The molecule has 2 heterocycles. The maximum atomic E-state index is 10.8. The van der Waals surface area contributed by atoms with Gasteiger partial charge in [-0.3, -0.25) is 4.79 Å². The van der Waals surface area contributed by atoms with Crippen LogP contribution >= 0.6 is 11.5 Å². The molecule has 9 heteroatoms. The highest BCUT2D eigenvalue weighted by Gasteiger charge is 2.21. The van der Waals surface area contributed by atoms with Gasteiger partial charge in [0.05, 0.1) is 18.2 Å². The predicted molar refractivity (Wildman–Crippen MR) is 67.7 cm³/mol. The van der Waals surface area contributed by atoms with Crippen LogP contribution < -0.4 is 0 Å². The Balaban J connectivity index is 2.33. The lowest BCUT2D eigenvalue weighted by molar-refractivity contribution is -0.137. The highest BCUT2D eigenvalue weighted by molar-refractivity contribution is 7.09. The topological polar surface area (TPSA) is 107 Å². The second-order valence-electron chi connectivity index (χ2n) is 4.19. The van der Waals surface area contributed by atoms with Crippen molar-refractivity contribution in [3.63, 3.8) is 0 Å². The monoisotopic (exact) mass is 282 g/mol. The zero-order valence-electron chi connectivity index (χ0n) is 10.6. The Hall–Kier alpha value is -1.90. The van der Waals surface area contributed by atoms with Gasteiger partial charge in [-0.15, -0.1) is 10.2 Å². The van der Waals surface area contributed by atoms with E-state index in [0.29, 0.717) is 5.82 Å². The molecule has 0 radical (unpaired) electrons. The van der Waals surface area contributed by atoms with Gasteiger partial charge in [0.25, 0.3) is 0 Å². The quantitative estimate of drug-likeness (QED) is 0.847. The van der Waals surface area contributed by atoms with Gasteiger partial charge in [0.15, 0.2) is 5.82 Å². The van der Waals surface area contributed by atoms with E-state index in [4.69, 9.17) is 5.11 Å². The molecule has 0 amide bonds. The Labute approximate surface area is 113 Å². The molecule has 0 aliphatic heterocycles. The normalized spacial score (nSPS) is 12.5. The number of carboxylic acids is 1. The fourth-order valence-electron chi connectivity index (χ4n) is 1.76. The number of carbonyl (C=O) groups is 1. The van der Waals surface area contributed by atoms with Gasteiger partial charge in [0.1, 0.15) is 4.88 Å². The first-order chi connectivity index (χ1) is 9.13. The molecule has 2 aromatic rings. The SMILES string of the molecule is CCCc1nnsc1-c1nnnn1C(C)CC(=O)O. The molecule has 1 N–H and O–H groups in total. The van der Waals surface area contributed by atoms with E-state index in [2.05, 4.69) is 32.0 Å². The first-order valence-electron chi connectivity index (χ1n) is 5.94. The van der Waals surface area contributed by atoms with Crippen molar-refractivity contribution in [1.29, 1.82) is 0 Å². The predicted octanol–water partition coefficient (Wildman–Crippen LogP) is 1.18. The summed E-state index contributed by atoms with van der Waals surface area (Å²) >= 11 is 1.23. The standard InChI is InChI=1S/C10H14N6O2S/c1-3-4-7-9(19-15-11-7)10-12-13-14-16(10)6(2)5-8(17)18/h6H,3-5H2,1-2H3,(H,17,18). The van der Waals surface area contributed by atoms with Crippen molar-refractivity contribution in [2.24, 2.45) is 0 Å². The number of carboxylic acid groups (broad SMARTS) is 1. The molecule has 102 valence electrons. The molecule has 1 atom stereocenters. The fourth-order valence-corrected chi connectivity index (χ4v) is 2.44. The molecule has 0 saturated heterocycles. The number of rotatable bonds is 6. The molecule has 0 fully saturated rings. The summed E-state index contributed by atoms with van der Waals surface area (Å²) in [5.74, 6) is -0.350. The molecule has 0 spiro atoms. The van der Waals surface area contributed by atoms with Gasteiger partial charge in [-0.1, -0.05) is 17.8 Å². The summed E-state index contributed by atoms with van der Waals surface area (Å²) in [5, 5.41) is 24.4. The Morgan fingerprint density at radius 1 is 1.47 bits per heavy atom. The van der Waals surface area contributed by atoms with E-state index in [1.807, 2.05) is 0 Å². The molecular formula is C10H14N6O2S. The van der Waals surface area contributed by atoms with E-state index in [0.717, 1.165) is 23.4 Å². The summed E-state index contributed by atoms with van der Waals surface area (Å²) < 4.78 is 5.44. The molecule has 2 aromatic heterocycles. The van der Waals surface area contributed by atoms with E-state index in [9.17, 15) is 4.79 Å². The summed E-state index contributed by atoms with van der Waals surface area (Å²) in [6.45, 7) is 3.82. The fraction of sp³-hybridized carbons (Fsp3) is 0.600. The van der Waals surface area contributed by atoms with Crippen LogP contribution in [0, 0.1) is 0 Å². The summed E-state index contributed by atoms with van der Waals surface area (Å²) in [6, 6.07) is -0.320. The van der Waals surface area contributed by atoms with E-state index in [1.54, 1.807) is 6.92 Å². The van der Waals surface area contributed by atoms with Crippen LogP contribution in [0.4, 0.5) is 0 Å². The highest BCUT2D eigenvalue weighted by atomic mass is 32.1. The smallest absolute Gasteiger partial charge is 0.305 e. The molecule has 0 aliphatic carbocycles. The second-order valence-corrected chi connectivity index (χ2v) is 4.95. The Morgan fingerprint density at radius 3 is 2.95 bits per heavy atom. The van der Waals surface area contributed by atoms with Crippen LogP contribution in [0.2, 0.25) is 0 Å². The van der Waals surface area contributed by atoms with Crippen molar-refractivity contribution >= 4 is 17.5 Å². The lowest BCUT2D eigenvalue weighted by atomic mass is 10.2. The van der Waals surface area contributed by atoms with Crippen LogP contribution in [0.3, 0.4) is 0 Å². The maximum absolute atomic E-state index is 10.8. The number of tetrazole rings is 1. The van der Waals surface area contributed by atoms with Crippen LogP contribution in [0.25, 0.3) is 10.7 Å². The molecule has 0 bridgehead atoms. The lowest BCUT2D eigenvalue weighted by Crippen LogP contribution is -2.13.